The molecule has 3 heteroatoms. The number of fused-ring (bicyclic) bond motifs is 1. The lowest BCUT2D eigenvalue weighted by Gasteiger charge is -2.01. The van der Waals surface area contributed by atoms with Gasteiger partial charge in [0.05, 0.1) is 5.71 Å². The molecule has 0 aromatic rings. The first-order valence-corrected chi connectivity index (χ1v) is 4.79. The fraction of sp³-hybridized carbons (Fsp3) is 0.889. The highest BCUT2D eigenvalue weighted by atomic mass is 16.6. The highest BCUT2D eigenvalue weighted by Gasteiger charge is 2.56. The molecule has 2 fully saturated rings. The van der Waals surface area contributed by atoms with E-state index in [0.717, 1.165) is 24.2 Å². The van der Waals surface area contributed by atoms with Crippen LogP contribution in [-0.4, -0.2) is 24.9 Å². The Bertz CT molecular complexity index is 229. The topological polar surface area (TPSA) is 33.6 Å². The van der Waals surface area contributed by atoms with Crippen molar-refractivity contribution in [3.8, 4) is 0 Å². The summed E-state index contributed by atoms with van der Waals surface area (Å²) in [4.78, 5) is 5.20. The maximum Gasteiger partial charge on any atom is 0.130 e. The van der Waals surface area contributed by atoms with Gasteiger partial charge >= 0.3 is 0 Å². The number of nitrogens with one attached hydrogen (secondary N) is 1. The van der Waals surface area contributed by atoms with Crippen molar-refractivity contribution in [1.82, 2.24) is 5.32 Å². The Morgan fingerprint density at radius 3 is 2.75 bits per heavy atom. The second-order valence-electron chi connectivity index (χ2n) is 4.21. The molecule has 0 amide bonds. The van der Waals surface area contributed by atoms with Crippen LogP contribution in [0.4, 0.5) is 0 Å². The lowest BCUT2D eigenvalue weighted by Crippen LogP contribution is -2.18. The van der Waals surface area contributed by atoms with Gasteiger partial charge < -0.3 is 10.2 Å². The molecule has 1 saturated heterocycles. The van der Waals surface area contributed by atoms with E-state index in [9.17, 15) is 0 Å². The van der Waals surface area contributed by atoms with Gasteiger partial charge in [-0.15, -0.1) is 0 Å². The Labute approximate surface area is 72.2 Å². The molecule has 3 nitrogen and oxygen atoms in total. The molecule has 66 valence electrons. The van der Waals surface area contributed by atoms with Crippen LogP contribution >= 0.6 is 0 Å². The summed E-state index contributed by atoms with van der Waals surface area (Å²) in [7, 11) is 0. The van der Waals surface area contributed by atoms with Gasteiger partial charge in [-0.2, -0.15) is 0 Å². The standard InChI is InChI=1S/C9H14N2O/c1-5-2-8(11-12-5)9-6-3-10-4-7(6)9/h5-7,9-10H,2-4H2,1H3/t5?,6-,7+,9?. The molecular formula is C9H14N2O. The van der Waals surface area contributed by atoms with Gasteiger partial charge in [-0.1, -0.05) is 5.16 Å². The minimum absolute atomic E-state index is 0.328. The van der Waals surface area contributed by atoms with Gasteiger partial charge in [-0.05, 0) is 31.8 Å². The van der Waals surface area contributed by atoms with Crippen LogP contribution in [0.25, 0.3) is 0 Å². The molecule has 1 saturated carbocycles. The Kier molecular flexibility index (Phi) is 1.28. The zero-order valence-corrected chi connectivity index (χ0v) is 7.29. The summed E-state index contributed by atoms with van der Waals surface area (Å²) in [6.45, 7) is 4.48. The van der Waals surface area contributed by atoms with E-state index in [4.69, 9.17) is 4.84 Å². The maximum absolute atomic E-state index is 5.20. The molecule has 0 aromatic heterocycles. The van der Waals surface area contributed by atoms with E-state index < -0.39 is 0 Å². The van der Waals surface area contributed by atoms with E-state index in [1.165, 1.54) is 18.8 Å². The molecule has 2 heterocycles. The number of rotatable bonds is 1. The van der Waals surface area contributed by atoms with Crippen molar-refractivity contribution in [2.24, 2.45) is 22.9 Å². The van der Waals surface area contributed by atoms with Crippen LogP contribution in [0, 0.1) is 17.8 Å². The van der Waals surface area contributed by atoms with Gasteiger partial charge in [0.15, 0.2) is 0 Å². The van der Waals surface area contributed by atoms with Gasteiger partial charge in [0, 0.05) is 12.3 Å². The molecule has 0 bridgehead atoms. The van der Waals surface area contributed by atoms with Crippen molar-refractivity contribution < 1.29 is 4.84 Å². The molecule has 1 aliphatic carbocycles. The number of nitrogens with zero attached hydrogens (tertiary/aromatic N) is 1. The molecule has 0 aromatic carbocycles. The average molecular weight is 166 g/mol. The van der Waals surface area contributed by atoms with Gasteiger partial charge in [0.1, 0.15) is 6.10 Å². The van der Waals surface area contributed by atoms with Crippen LogP contribution in [0.3, 0.4) is 0 Å². The molecule has 2 unspecified atom stereocenters. The van der Waals surface area contributed by atoms with Crippen LogP contribution in [0.2, 0.25) is 0 Å². The molecule has 4 atom stereocenters. The Morgan fingerprint density at radius 2 is 2.17 bits per heavy atom. The minimum atomic E-state index is 0.328. The summed E-state index contributed by atoms with van der Waals surface area (Å²) < 4.78 is 0. The molecular weight excluding hydrogens is 152 g/mol. The maximum atomic E-state index is 5.20. The first kappa shape index (κ1) is 6.89. The van der Waals surface area contributed by atoms with E-state index >= 15 is 0 Å². The zero-order chi connectivity index (χ0) is 8.13. The number of piperidine rings is 1. The van der Waals surface area contributed by atoms with Crippen LogP contribution in [0.5, 0.6) is 0 Å². The van der Waals surface area contributed by atoms with Gasteiger partial charge in [-0.3, -0.25) is 0 Å². The highest BCUT2D eigenvalue weighted by molar-refractivity contribution is 5.90. The second kappa shape index (κ2) is 2.22. The molecule has 0 spiro atoms. The fourth-order valence-corrected chi connectivity index (χ4v) is 2.64. The highest BCUT2D eigenvalue weighted by Crippen LogP contribution is 2.50. The van der Waals surface area contributed by atoms with E-state index in [2.05, 4.69) is 17.4 Å². The number of hydrogen-bond donors (Lipinski definition) is 1. The third-order valence-electron chi connectivity index (χ3n) is 3.32. The first-order valence-electron chi connectivity index (χ1n) is 4.79. The van der Waals surface area contributed by atoms with Crippen molar-refractivity contribution in [2.45, 2.75) is 19.4 Å². The smallest absolute Gasteiger partial charge is 0.130 e. The number of hydrogen-bond acceptors (Lipinski definition) is 3. The zero-order valence-electron chi connectivity index (χ0n) is 7.29. The summed E-state index contributed by atoms with van der Waals surface area (Å²) in [6.07, 6.45) is 1.40. The van der Waals surface area contributed by atoms with Crippen LogP contribution in [0.1, 0.15) is 13.3 Å². The Balaban J connectivity index is 1.69. The van der Waals surface area contributed by atoms with Crippen molar-refractivity contribution in [1.29, 1.82) is 0 Å². The quantitative estimate of drug-likeness (QED) is 0.619. The third kappa shape index (κ3) is 0.829. The van der Waals surface area contributed by atoms with Gasteiger partial charge in [0.2, 0.25) is 0 Å². The molecule has 12 heavy (non-hydrogen) atoms. The van der Waals surface area contributed by atoms with Crippen LogP contribution in [-0.2, 0) is 4.84 Å². The second-order valence-corrected chi connectivity index (χ2v) is 4.21. The summed E-state index contributed by atoms with van der Waals surface area (Å²) in [5, 5.41) is 7.54. The predicted molar refractivity (Wildman–Crippen MR) is 45.9 cm³/mol. The third-order valence-corrected chi connectivity index (χ3v) is 3.32. The van der Waals surface area contributed by atoms with Crippen LogP contribution < -0.4 is 5.32 Å². The summed E-state index contributed by atoms with van der Waals surface area (Å²) >= 11 is 0. The van der Waals surface area contributed by atoms with Gasteiger partial charge in [0.25, 0.3) is 0 Å². The van der Waals surface area contributed by atoms with Crippen molar-refractivity contribution in [2.75, 3.05) is 13.1 Å². The minimum Gasteiger partial charge on any atom is -0.392 e. The number of oxime groups is 1. The fourth-order valence-electron chi connectivity index (χ4n) is 2.64. The SMILES string of the molecule is CC1CC(C2[C@H]3CNC[C@@H]23)=NO1. The normalized spacial score (nSPS) is 49.9. The largest absolute Gasteiger partial charge is 0.392 e. The molecule has 2 aliphatic heterocycles. The van der Waals surface area contributed by atoms with Crippen LogP contribution in [0.15, 0.2) is 5.16 Å². The first-order chi connectivity index (χ1) is 5.86. The molecule has 3 rings (SSSR count). The monoisotopic (exact) mass is 166 g/mol. The van der Waals surface area contributed by atoms with E-state index in [0.29, 0.717) is 6.10 Å². The lowest BCUT2D eigenvalue weighted by molar-refractivity contribution is 0.0995. The molecule has 0 radical (unpaired) electrons. The molecule has 1 N–H and O–H groups in total. The predicted octanol–water partition coefficient (Wildman–Crippen LogP) is 0.617. The Hall–Kier alpha value is -0.570. The van der Waals surface area contributed by atoms with E-state index in [1.807, 2.05) is 0 Å². The molecule has 3 aliphatic rings. The average Bonchev–Trinajstić information content (AvgIpc) is 2.55. The summed E-state index contributed by atoms with van der Waals surface area (Å²) in [5.41, 5.74) is 1.33. The van der Waals surface area contributed by atoms with E-state index in [1.54, 1.807) is 0 Å². The lowest BCUT2D eigenvalue weighted by atomic mass is 10.1. The van der Waals surface area contributed by atoms with E-state index in [-0.39, 0.29) is 0 Å². The van der Waals surface area contributed by atoms with Gasteiger partial charge in [-0.25, -0.2) is 0 Å². The Morgan fingerprint density at radius 1 is 1.42 bits per heavy atom. The summed E-state index contributed by atoms with van der Waals surface area (Å²) in [5.74, 6) is 2.55. The van der Waals surface area contributed by atoms with Crippen molar-refractivity contribution in [3.63, 3.8) is 0 Å². The van der Waals surface area contributed by atoms with Crippen molar-refractivity contribution in [3.05, 3.63) is 0 Å². The van der Waals surface area contributed by atoms with Crippen molar-refractivity contribution >= 4 is 5.71 Å². The summed E-state index contributed by atoms with van der Waals surface area (Å²) in [6, 6.07) is 0.